The molecular formula is C20H37N3O2. The molecule has 0 radical (unpaired) electrons. The van der Waals surface area contributed by atoms with Crippen LogP contribution < -0.4 is 10.6 Å². The fourth-order valence-electron chi connectivity index (χ4n) is 4.93. The monoisotopic (exact) mass is 351 g/mol. The molecule has 1 unspecified atom stereocenters. The first-order valence-electron chi connectivity index (χ1n) is 10.5. The zero-order chi connectivity index (χ0) is 17.5. The fourth-order valence-corrected chi connectivity index (χ4v) is 4.93. The summed E-state index contributed by atoms with van der Waals surface area (Å²) in [6, 6.07) is 0. The first kappa shape index (κ1) is 19.1. The van der Waals surface area contributed by atoms with Crippen LogP contribution in [0.25, 0.3) is 0 Å². The summed E-state index contributed by atoms with van der Waals surface area (Å²) in [5.41, 5.74) is 0.131. The molecule has 5 nitrogen and oxygen atoms in total. The highest BCUT2D eigenvalue weighted by molar-refractivity contribution is 5.76. The van der Waals surface area contributed by atoms with E-state index < -0.39 is 0 Å². The molecule has 2 N–H and O–H groups in total. The Balaban J connectivity index is 1.50. The standard InChI is InChI=1S/C20H37N3O2/c1-17(18-5-9-21-10-6-18)15-19(24)22-16-20(7-13-25-14-8-20)23-11-3-2-4-12-23/h17-18,21H,2-16H2,1H3,(H,22,24). The third-order valence-corrected chi connectivity index (χ3v) is 6.76. The van der Waals surface area contributed by atoms with Gasteiger partial charge in [-0.15, -0.1) is 0 Å². The van der Waals surface area contributed by atoms with E-state index in [1.807, 2.05) is 0 Å². The quantitative estimate of drug-likeness (QED) is 0.770. The van der Waals surface area contributed by atoms with Gasteiger partial charge in [0.1, 0.15) is 0 Å². The van der Waals surface area contributed by atoms with E-state index in [0.717, 1.165) is 45.7 Å². The maximum atomic E-state index is 12.6. The molecule has 1 atom stereocenters. The molecule has 0 bridgehead atoms. The molecule has 0 saturated carbocycles. The van der Waals surface area contributed by atoms with Crippen LogP contribution in [0, 0.1) is 11.8 Å². The van der Waals surface area contributed by atoms with Crippen LogP contribution in [-0.2, 0) is 9.53 Å². The molecule has 3 heterocycles. The van der Waals surface area contributed by atoms with Crippen molar-refractivity contribution in [1.29, 1.82) is 0 Å². The highest BCUT2D eigenvalue weighted by Crippen LogP contribution is 2.30. The molecule has 0 aromatic heterocycles. The number of likely N-dealkylation sites (tertiary alicyclic amines) is 1. The van der Waals surface area contributed by atoms with Crippen LogP contribution in [0.2, 0.25) is 0 Å². The molecule has 3 aliphatic rings. The van der Waals surface area contributed by atoms with E-state index >= 15 is 0 Å². The van der Waals surface area contributed by atoms with Gasteiger partial charge in [-0.05, 0) is 76.5 Å². The normalized spacial score (nSPS) is 26.9. The van der Waals surface area contributed by atoms with Gasteiger partial charge < -0.3 is 15.4 Å². The van der Waals surface area contributed by atoms with E-state index in [1.54, 1.807) is 0 Å². The number of nitrogens with zero attached hydrogens (tertiary/aromatic N) is 1. The van der Waals surface area contributed by atoms with Crippen molar-refractivity contribution in [3.63, 3.8) is 0 Å². The van der Waals surface area contributed by atoms with Crippen LogP contribution in [0.15, 0.2) is 0 Å². The summed E-state index contributed by atoms with van der Waals surface area (Å²) in [6.07, 6.45) is 9.15. The molecule has 1 amide bonds. The van der Waals surface area contributed by atoms with Gasteiger partial charge in [0.15, 0.2) is 0 Å². The van der Waals surface area contributed by atoms with Gasteiger partial charge in [-0.3, -0.25) is 9.69 Å². The Morgan fingerprint density at radius 2 is 1.88 bits per heavy atom. The fraction of sp³-hybridized carbons (Fsp3) is 0.950. The summed E-state index contributed by atoms with van der Waals surface area (Å²) >= 11 is 0. The first-order chi connectivity index (χ1) is 12.2. The van der Waals surface area contributed by atoms with Crippen LogP contribution in [0.3, 0.4) is 0 Å². The van der Waals surface area contributed by atoms with Crippen molar-refractivity contribution >= 4 is 5.91 Å². The largest absolute Gasteiger partial charge is 0.381 e. The lowest BCUT2D eigenvalue weighted by atomic mass is 9.83. The number of carbonyl (C=O) groups is 1. The summed E-state index contributed by atoms with van der Waals surface area (Å²) < 4.78 is 5.62. The number of hydrogen-bond acceptors (Lipinski definition) is 4. The predicted octanol–water partition coefficient (Wildman–Crippen LogP) is 2.16. The van der Waals surface area contributed by atoms with E-state index in [9.17, 15) is 4.79 Å². The van der Waals surface area contributed by atoms with Crippen molar-refractivity contribution in [2.24, 2.45) is 11.8 Å². The van der Waals surface area contributed by atoms with Gasteiger partial charge in [0, 0.05) is 31.7 Å². The second kappa shape index (κ2) is 9.33. The third-order valence-electron chi connectivity index (χ3n) is 6.76. The molecule has 25 heavy (non-hydrogen) atoms. The molecule has 0 aliphatic carbocycles. The molecular weight excluding hydrogens is 314 g/mol. The van der Waals surface area contributed by atoms with Crippen LogP contribution in [0.4, 0.5) is 0 Å². The number of nitrogens with one attached hydrogen (secondary N) is 2. The van der Waals surface area contributed by atoms with E-state index in [2.05, 4.69) is 22.5 Å². The van der Waals surface area contributed by atoms with Crippen molar-refractivity contribution in [2.45, 2.75) is 63.8 Å². The minimum absolute atomic E-state index is 0.131. The lowest BCUT2D eigenvalue weighted by Gasteiger charge is -2.48. The molecule has 3 rings (SSSR count). The number of hydrogen-bond donors (Lipinski definition) is 2. The highest BCUT2D eigenvalue weighted by Gasteiger charge is 2.39. The van der Waals surface area contributed by atoms with Gasteiger partial charge in [0.25, 0.3) is 0 Å². The Bertz CT molecular complexity index is 411. The predicted molar refractivity (Wildman–Crippen MR) is 101 cm³/mol. The van der Waals surface area contributed by atoms with E-state index in [0.29, 0.717) is 18.3 Å². The van der Waals surface area contributed by atoms with Crippen molar-refractivity contribution < 1.29 is 9.53 Å². The van der Waals surface area contributed by atoms with Gasteiger partial charge in [-0.25, -0.2) is 0 Å². The number of rotatable bonds is 6. The summed E-state index contributed by atoms with van der Waals surface area (Å²) in [6.45, 7) is 9.29. The molecule has 5 heteroatoms. The zero-order valence-corrected chi connectivity index (χ0v) is 16.0. The van der Waals surface area contributed by atoms with Gasteiger partial charge >= 0.3 is 0 Å². The molecule has 0 spiro atoms. The smallest absolute Gasteiger partial charge is 0.220 e. The summed E-state index contributed by atoms with van der Waals surface area (Å²) in [4.78, 5) is 15.2. The SMILES string of the molecule is CC(CC(=O)NCC1(N2CCCCC2)CCOCC1)C1CCNCC1. The van der Waals surface area contributed by atoms with Crippen LogP contribution >= 0.6 is 0 Å². The Kier molecular flexibility index (Phi) is 7.14. The Morgan fingerprint density at radius 3 is 2.56 bits per heavy atom. The Morgan fingerprint density at radius 1 is 1.20 bits per heavy atom. The number of carbonyl (C=O) groups excluding carboxylic acids is 1. The average molecular weight is 352 g/mol. The topological polar surface area (TPSA) is 53.6 Å². The van der Waals surface area contributed by atoms with Crippen LogP contribution in [0.5, 0.6) is 0 Å². The minimum Gasteiger partial charge on any atom is -0.381 e. The number of ether oxygens (including phenoxy) is 1. The Hall–Kier alpha value is -0.650. The van der Waals surface area contributed by atoms with E-state index in [-0.39, 0.29) is 11.4 Å². The lowest BCUT2D eigenvalue weighted by Crippen LogP contribution is -2.59. The molecule has 144 valence electrons. The maximum absolute atomic E-state index is 12.6. The van der Waals surface area contributed by atoms with E-state index in [4.69, 9.17) is 4.74 Å². The molecule has 0 aromatic carbocycles. The van der Waals surface area contributed by atoms with Gasteiger partial charge in [0.2, 0.25) is 5.91 Å². The minimum atomic E-state index is 0.131. The second-order valence-electron chi connectivity index (χ2n) is 8.43. The summed E-state index contributed by atoms with van der Waals surface area (Å²) in [5.74, 6) is 1.43. The second-order valence-corrected chi connectivity index (χ2v) is 8.43. The third kappa shape index (κ3) is 5.18. The van der Waals surface area contributed by atoms with Gasteiger partial charge in [-0.1, -0.05) is 13.3 Å². The molecule has 3 fully saturated rings. The first-order valence-corrected chi connectivity index (χ1v) is 10.5. The Labute approximate surface area is 153 Å². The van der Waals surface area contributed by atoms with Gasteiger partial charge in [0.05, 0.1) is 0 Å². The number of piperidine rings is 2. The lowest BCUT2D eigenvalue weighted by molar-refractivity contribution is -0.124. The van der Waals surface area contributed by atoms with Crippen molar-refractivity contribution in [3.8, 4) is 0 Å². The maximum Gasteiger partial charge on any atom is 0.220 e. The zero-order valence-electron chi connectivity index (χ0n) is 16.0. The van der Waals surface area contributed by atoms with E-state index in [1.165, 1.54) is 45.2 Å². The van der Waals surface area contributed by atoms with Crippen molar-refractivity contribution in [1.82, 2.24) is 15.5 Å². The average Bonchev–Trinajstić information content (AvgIpc) is 2.68. The molecule has 3 saturated heterocycles. The van der Waals surface area contributed by atoms with Crippen LogP contribution in [-0.4, -0.2) is 62.3 Å². The van der Waals surface area contributed by atoms with Crippen molar-refractivity contribution in [2.75, 3.05) is 45.9 Å². The summed E-state index contributed by atoms with van der Waals surface area (Å²) in [5, 5.41) is 6.72. The molecule has 3 aliphatic heterocycles. The van der Waals surface area contributed by atoms with Crippen LogP contribution in [0.1, 0.15) is 58.3 Å². The number of amides is 1. The molecule has 0 aromatic rings. The van der Waals surface area contributed by atoms with Gasteiger partial charge in [-0.2, -0.15) is 0 Å². The highest BCUT2D eigenvalue weighted by atomic mass is 16.5. The summed E-state index contributed by atoms with van der Waals surface area (Å²) in [7, 11) is 0. The van der Waals surface area contributed by atoms with Crippen molar-refractivity contribution in [3.05, 3.63) is 0 Å².